The van der Waals surface area contributed by atoms with Crippen LogP contribution in [0.5, 0.6) is 5.75 Å². The van der Waals surface area contributed by atoms with Gasteiger partial charge in [0.2, 0.25) is 0 Å². The van der Waals surface area contributed by atoms with E-state index in [0.29, 0.717) is 23.0 Å². The maximum absolute atomic E-state index is 13.4. The van der Waals surface area contributed by atoms with E-state index in [1.54, 1.807) is 13.0 Å². The summed E-state index contributed by atoms with van der Waals surface area (Å²) in [5.41, 5.74) is 7.30. The van der Waals surface area contributed by atoms with Crippen molar-refractivity contribution in [3.8, 4) is 5.75 Å². The Hall–Kier alpha value is -4.47. The van der Waals surface area contributed by atoms with Crippen molar-refractivity contribution in [3.05, 3.63) is 138 Å². The third kappa shape index (κ3) is 12.7. The van der Waals surface area contributed by atoms with Gasteiger partial charge in [0.15, 0.2) is 0 Å². The van der Waals surface area contributed by atoms with Gasteiger partial charge in [0.1, 0.15) is 9.79 Å². The van der Waals surface area contributed by atoms with Crippen LogP contribution in [0.3, 0.4) is 0 Å². The Morgan fingerprint density at radius 1 is 0.515 bits per heavy atom. The first-order valence-corrected chi connectivity index (χ1v) is 22.2. The molecule has 7 aromatic rings. The van der Waals surface area contributed by atoms with E-state index < -0.39 is 68.3 Å². The van der Waals surface area contributed by atoms with Gasteiger partial charge in [-0.1, -0.05) is 42.1 Å². The van der Waals surface area contributed by atoms with Crippen LogP contribution < -0.4 is 110 Å². The third-order valence-electron chi connectivity index (χ3n) is 9.19. The Balaban J connectivity index is 0.00000317. The van der Waals surface area contributed by atoms with Crippen molar-refractivity contribution < 1.29 is 143 Å². The zero-order chi connectivity index (χ0) is 45.4. The van der Waals surface area contributed by atoms with Gasteiger partial charge >= 0.3 is 88.7 Å². The fourth-order valence-electron chi connectivity index (χ4n) is 6.10. The molecule has 0 spiro atoms. The van der Waals surface area contributed by atoms with E-state index in [2.05, 4.69) is 30.4 Å². The van der Waals surface area contributed by atoms with Crippen LogP contribution >= 0.6 is 0 Å². The van der Waals surface area contributed by atoms with E-state index in [1.165, 1.54) is 97.1 Å². The zero-order valence-corrected chi connectivity index (χ0v) is 43.5. The molecule has 19 nitrogen and oxygen atoms in total. The minimum absolute atomic E-state index is 0. The largest absolute Gasteiger partial charge is 1.00 e. The minimum Gasteiger partial charge on any atom is -0.871 e. The second-order valence-corrected chi connectivity index (χ2v) is 17.8. The van der Waals surface area contributed by atoms with Crippen molar-refractivity contribution in [2.45, 2.75) is 21.6 Å². The Labute approximate surface area is 443 Å². The fourth-order valence-corrected chi connectivity index (χ4v) is 8.10. The van der Waals surface area contributed by atoms with Gasteiger partial charge in [-0.05, 0) is 136 Å². The number of hydrogen-bond donors (Lipinski definition) is 4. The maximum atomic E-state index is 13.4. The average Bonchev–Trinajstić information content (AvgIpc) is 3.21. The van der Waals surface area contributed by atoms with Crippen LogP contribution in [0.25, 0.3) is 21.5 Å². The predicted molar refractivity (Wildman–Crippen MR) is 226 cm³/mol. The van der Waals surface area contributed by atoms with Crippen LogP contribution in [0.1, 0.15) is 16.7 Å². The van der Waals surface area contributed by atoms with Gasteiger partial charge in [-0.3, -0.25) is 23.6 Å². The molecule has 66 heavy (non-hydrogen) atoms. The van der Waals surface area contributed by atoms with E-state index in [9.17, 15) is 54.2 Å². The number of anilines is 1. The molecule has 7 rings (SSSR count). The summed E-state index contributed by atoms with van der Waals surface area (Å²) < 4.78 is 101. The molecule has 0 aliphatic heterocycles. The molecule has 0 unspecified atom stereocenters. The van der Waals surface area contributed by atoms with Gasteiger partial charge in [0.25, 0.3) is 30.4 Å². The Bertz CT molecular complexity index is 3490. The van der Waals surface area contributed by atoms with Crippen molar-refractivity contribution in [1.82, 2.24) is 0 Å². The molecule has 0 saturated carbocycles. The quantitative estimate of drug-likeness (QED) is 0.0259. The van der Waals surface area contributed by atoms with Gasteiger partial charge in [-0.15, -0.1) is 5.11 Å². The number of hydrogen-bond acceptors (Lipinski definition) is 16. The number of fused-ring (bicyclic) bond motifs is 2. The Kier molecular flexibility index (Phi) is 17.8. The average molecular weight is 976 g/mol. The summed E-state index contributed by atoms with van der Waals surface area (Å²) in [5.74, 6) is -2.14. The minimum atomic E-state index is -5.00. The molecule has 0 heterocycles. The molecule has 25 heteroatoms. The van der Waals surface area contributed by atoms with Gasteiger partial charge in [0.05, 0.1) is 39.0 Å². The summed E-state index contributed by atoms with van der Waals surface area (Å²) in [5, 5.41) is 55.2. The number of benzene rings is 7. The van der Waals surface area contributed by atoms with Crippen LogP contribution in [0.15, 0.2) is 166 Å². The number of azo groups is 2. The second-order valence-electron chi connectivity index (χ2n) is 13.6. The summed E-state index contributed by atoms with van der Waals surface area (Å²) in [6.45, 7) is 1.67. The van der Waals surface area contributed by atoms with E-state index in [1.807, 2.05) is 0 Å². The molecule has 0 fully saturated rings. The van der Waals surface area contributed by atoms with Gasteiger partial charge in [-0.2, -0.15) is 40.6 Å². The standard InChI is InChI=1S/C41H31N7O12S3.3Na/c1-22-16-29(13-15-35(22)47-46-31-11-6-25-18-32(61(52,53)54)21-36(34(25)20-31)62(55,56)57)43-41(51)24-4-9-28(10-5-24)45-48-38-37(63(58,59)60)19-26-17-30(12-14-33(26)39(38)49)44-40(50)23-2-7-27(42)8-3-23;;;/h2-21,49H,42H2,1H3,(H,43,51)(H,44,50)(H,52,53,54)(H,55,56,57)(H,58,59,60);;;/q;3*+1/p-3. The fraction of sp³-hybridized carbons (Fsp3) is 0.0244. The van der Waals surface area contributed by atoms with Gasteiger partial charge < -0.3 is 21.1 Å². The molecule has 0 aliphatic carbocycles. The van der Waals surface area contributed by atoms with Crippen molar-refractivity contribution in [3.63, 3.8) is 0 Å². The number of rotatable bonds is 11. The first-order valence-electron chi connectivity index (χ1n) is 17.8. The van der Waals surface area contributed by atoms with Crippen LogP contribution in [0.4, 0.5) is 39.8 Å². The molecular weight excluding hydrogens is 948 g/mol. The normalized spacial score (nSPS) is 12.5. The molecule has 320 valence electrons. The topological polar surface area (TPSA) is 332 Å². The molecule has 5 N–H and O–H groups in total. The molecule has 0 radical (unpaired) electrons. The van der Waals surface area contributed by atoms with Crippen molar-refractivity contribution in [2.24, 2.45) is 30.4 Å². The van der Waals surface area contributed by atoms with Crippen molar-refractivity contribution in [2.75, 3.05) is 5.73 Å². The summed E-state index contributed by atoms with van der Waals surface area (Å²) in [6, 6.07) is 26.7. The molecule has 0 bridgehead atoms. The molecule has 0 aliphatic rings. The van der Waals surface area contributed by atoms with Crippen molar-refractivity contribution in [1.29, 1.82) is 0 Å². The number of nitrogens with zero attached hydrogens (tertiary/aromatic N) is 6. The zero-order valence-electron chi connectivity index (χ0n) is 35.0. The SMILES string of the molecule is Cc1cc(N=C([O-])c2ccc(N=Nc3c(S(=O)(=O)O)cc4cc(N=C([O-])c5ccc(N)cc5)ccc4c3[O-])cc2)ccc1N=Nc1ccc2cc(S(=O)(=O)O)cc(S(=O)(=O)O)c2c1.[Na+].[Na+].[Na+]. The van der Waals surface area contributed by atoms with Crippen molar-refractivity contribution >= 4 is 104 Å². The molecule has 0 amide bonds. The number of nitrogens with two attached hydrogens (primary N) is 1. The Morgan fingerprint density at radius 2 is 1.05 bits per heavy atom. The molecule has 0 atom stereocenters. The number of nitrogen functional groups attached to an aromatic ring is 1. The summed E-state index contributed by atoms with van der Waals surface area (Å²) in [6.07, 6.45) is 0. The van der Waals surface area contributed by atoms with Crippen LogP contribution in [0, 0.1) is 6.92 Å². The summed E-state index contributed by atoms with van der Waals surface area (Å²) in [7, 11) is -14.7. The molecule has 7 aromatic carbocycles. The first kappa shape index (κ1) is 54.1. The van der Waals surface area contributed by atoms with Gasteiger partial charge in [-0.25, -0.2) is 0 Å². The first-order chi connectivity index (χ1) is 29.6. The van der Waals surface area contributed by atoms with E-state index >= 15 is 0 Å². The summed E-state index contributed by atoms with van der Waals surface area (Å²) in [4.78, 5) is 5.79. The summed E-state index contributed by atoms with van der Waals surface area (Å²) >= 11 is 0. The van der Waals surface area contributed by atoms with Crippen LogP contribution in [0.2, 0.25) is 0 Å². The van der Waals surface area contributed by atoms with Crippen LogP contribution in [-0.4, -0.2) is 50.7 Å². The van der Waals surface area contributed by atoms with E-state index in [0.717, 1.165) is 12.1 Å². The third-order valence-corrected chi connectivity index (χ3v) is 11.8. The maximum Gasteiger partial charge on any atom is 1.00 e. The number of aryl methyl sites for hydroxylation is 1. The van der Waals surface area contributed by atoms with Gasteiger partial charge in [0, 0.05) is 11.1 Å². The smallest absolute Gasteiger partial charge is 0.871 e. The van der Waals surface area contributed by atoms with E-state index in [-0.39, 0.29) is 144 Å². The molecular formula is C41H28N7Na3O12S3. The number of aliphatic imine (C=N–C) groups is 2. The molecule has 0 aromatic heterocycles. The Morgan fingerprint density at radius 3 is 1.62 bits per heavy atom. The monoisotopic (exact) mass is 975 g/mol. The molecule has 0 saturated heterocycles. The second kappa shape index (κ2) is 21.7. The van der Waals surface area contributed by atoms with Crippen LogP contribution in [-0.2, 0) is 30.4 Å². The van der Waals surface area contributed by atoms with E-state index in [4.69, 9.17) is 5.73 Å². The predicted octanol–water partition coefficient (Wildman–Crippen LogP) is -2.58.